The molecule has 2 atom stereocenters. The summed E-state index contributed by atoms with van der Waals surface area (Å²) in [6.45, 7) is 5.37. The van der Waals surface area contributed by atoms with Crippen LogP contribution in [0, 0.1) is 19.8 Å². The molecule has 2 unspecified atom stereocenters. The summed E-state index contributed by atoms with van der Waals surface area (Å²) >= 11 is 0. The summed E-state index contributed by atoms with van der Waals surface area (Å²) in [5.41, 5.74) is 4.73. The molecule has 3 heteroatoms. The van der Waals surface area contributed by atoms with Crippen molar-refractivity contribution < 1.29 is 14.3 Å². The molecule has 1 aliphatic rings. The predicted octanol–water partition coefficient (Wildman–Crippen LogP) is 4.59. The summed E-state index contributed by atoms with van der Waals surface area (Å²) < 4.78 is 11.1. The second-order valence-corrected chi connectivity index (χ2v) is 6.97. The smallest absolute Gasteiger partial charge is 0.140 e. The minimum absolute atomic E-state index is 0.0172. The number of aryl methyl sites for hydroxylation is 2. The molecule has 0 bridgehead atoms. The highest BCUT2D eigenvalue weighted by Crippen LogP contribution is 2.38. The van der Waals surface area contributed by atoms with Crippen molar-refractivity contribution >= 4 is 5.78 Å². The van der Waals surface area contributed by atoms with E-state index in [2.05, 4.69) is 32.0 Å². The van der Waals surface area contributed by atoms with Gasteiger partial charge in [0, 0.05) is 12.3 Å². The van der Waals surface area contributed by atoms with Gasteiger partial charge in [-0.2, -0.15) is 0 Å². The van der Waals surface area contributed by atoms with E-state index in [1.54, 1.807) is 7.11 Å². The van der Waals surface area contributed by atoms with Crippen LogP contribution in [0.4, 0.5) is 0 Å². The fourth-order valence-corrected chi connectivity index (χ4v) is 3.74. The van der Waals surface area contributed by atoms with E-state index in [4.69, 9.17) is 9.47 Å². The van der Waals surface area contributed by atoms with Gasteiger partial charge in [0.1, 0.15) is 11.5 Å². The first-order chi connectivity index (χ1) is 12.1. The number of ketones is 1. The minimum Gasteiger partial charge on any atom is -0.497 e. The molecule has 0 radical (unpaired) electrons. The van der Waals surface area contributed by atoms with Crippen LogP contribution in [0.1, 0.15) is 41.0 Å². The third-order valence-electron chi connectivity index (χ3n) is 5.10. The van der Waals surface area contributed by atoms with E-state index in [1.165, 1.54) is 16.7 Å². The average Bonchev–Trinajstić information content (AvgIpc) is 2.96. The van der Waals surface area contributed by atoms with E-state index in [1.807, 2.05) is 24.3 Å². The topological polar surface area (TPSA) is 35.5 Å². The first kappa shape index (κ1) is 17.7. The molecule has 0 aliphatic heterocycles. The minimum atomic E-state index is -0.0172. The van der Waals surface area contributed by atoms with E-state index in [9.17, 15) is 4.79 Å². The summed E-state index contributed by atoms with van der Waals surface area (Å²) in [5.74, 6) is 1.45. The summed E-state index contributed by atoms with van der Waals surface area (Å²) in [7, 11) is 1.66. The average molecular weight is 338 g/mol. The van der Waals surface area contributed by atoms with Crippen LogP contribution in [-0.4, -0.2) is 19.5 Å². The molecule has 3 nitrogen and oxygen atoms in total. The van der Waals surface area contributed by atoms with Gasteiger partial charge < -0.3 is 9.47 Å². The number of carbonyl (C=O) groups excluding carboxylic acids is 1. The van der Waals surface area contributed by atoms with Gasteiger partial charge in [0.25, 0.3) is 0 Å². The molecule has 0 aromatic heterocycles. The Balaban J connectivity index is 1.63. The Morgan fingerprint density at radius 2 is 1.84 bits per heavy atom. The Hall–Kier alpha value is -2.13. The number of hydrogen-bond acceptors (Lipinski definition) is 3. The van der Waals surface area contributed by atoms with Crippen LogP contribution in [-0.2, 0) is 16.1 Å². The molecule has 132 valence electrons. The molecule has 3 rings (SSSR count). The van der Waals surface area contributed by atoms with E-state index >= 15 is 0 Å². The molecule has 2 aromatic rings. The highest BCUT2D eigenvalue weighted by molar-refractivity contribution is 5.88. The highest BCUT2D eigenvalue weighted by Gasteiger charge is 2.36. The van der Waals surface area contributed by atoms with Gasteiger partial charge >= 0.3 is 0 Å². The van der Waals surface area contributed by atoms with Crippen LogP contribution >= 0.6 is 0 Å². The molecule has 0 amide bonds. The number of methoxy groups -OCH3 is 1. The van der Waals surface area contributed by atoms with Crippen LogP contribution in [0.25, 0.3) is 0 Å². The Kier molecular flexibility index (Phi) is 5.54. The van der Waals surface area contributed by atoms with Crippen molar-refractivity contribution in [2.24, 2.45) is 5.92 Å². The van der Waals surface area contributed by atoms with Crippen LogP contribution in [0.5, 0.6) is 5.75 Å². The zero-order valence-corrected chi connectivity index (χ0v) is 15.2. The fraction of sp³-hybridized carbons (Fsp3) is 0.409. The van der Waals surface area contributed by atoms with Crippen molar-refractivity contribution in [2.45, 2.75) is 39.2 Å². The molecular formula is C22H26O3. The Labute approximate surface area is 150 Å². The third-order valence-corrected chi connectivity index (χ3v) is 5.10. The van der Waals surface area contributed by atoms with Crippen molar-refractivity contribution in [3.8, 4) is 5.75 Å². The molecule has 0 saturated heterocycles. The molecular weight excluding hydrogens is 312 g/mol. The van der Waals surface area contributed by atoms with E-state index < -0.39 is 0 Å². The largest absolute Gasteiger partial charge is 0.497 e. The van der Waals surface area contributed by atoms with Gasteiger partial charge in [-0.05, 0) is 55.0 Å². The molecule has 1 aliphatic carbocycles. The van der Waals surface area contributed by atoms with E-state index in [0.717, 1.165) is 17.7 Å². The monoisotopic (exact) mass is 338 g/mol. The number of hydrogen-bond donors (Lipinski definition) is 0. The van der Waals surface area contributed by atoms with Crippen LogP contribution < -0.4 is 4.74 Å². The predicted molar refractivity (Wildman–Crippen MR) is 99.0 cm³/mol. The first-order valence-electron chi connectivity index (χ1n) is 8.89. The molecule has 0 N–H and O–H groups in total. The number of rotatable bonds is 6. The lowest BCUT2D eigenvalue weighted by atomic mass is 9.85. The Bertz CT molecular complexity index is 733. The number of ether oxygens (including phenoxy) is 2. The van der Waals surface area contributed by atoms with Crippen molar-refractivity contribution in [1.82, 2.24) is 0 Å². The zero-order valence-electron chi connectivity index (χ0n) is 15.2. The lowest BCUT2D eigenvalue weighted by Crippen LogP contribution is -2.18. The summed E-state index contributed by atoms with van der Waals surface area (Å²) in [6.07, 6.45) is 1.58. The van der Waals surface area contributed by atoms with Crippen molar-refractivity contribution in [1.29, 1.82) is 0 Å². The molecule has 25 heavy (non-hydrogen) atoms. The van der Waals surface area contributed by atoms with Gasteiger partial charge in [-0.15, -0.1) is 0 Å². The van der Waals surface area contributed by atoms with Gasteiger partial charge in [-0.1, -0.05) is 35.9 Å². The van der Waals surface area contributed by atoms with Crippen LogP contribution in [0.15, 0.2) is 42.5 Å². The van der Waals surface area contributed by atoms with E-state index in [0.29, 0.717) is 25.4 Å². The SMILES string of the molecule is COc1ccc(COCC2CCC(=O)C2c2ccc(C)cc2C)cc1. The maximum atomic E-state index is 12.5. The molecule has 0 heterocycles. The summed E-state index contributed by atoms with van der Waals surface area (Å²) in [4.78, 5) is 12.5. The normalized spacial score (nSPS) is 20.0. The van der Waals surface area contributed by atoms with Gasteiger partial charge in [-0.25, -0.2) is 0 Å². The van der Waals surface area contributed by atoms with E-state index in [-0.39, 0.29) is 11.8 Å². The van der Waals surface area contributed by atoms with Gasteiger partial charge in [0.15, 0.2) is 0 Å². The zero-order chi connectivity index (χ0) is 17.8. The Morgan fingerprint density at radius 3 is 2.52 bits per heavy atom. The standard InChI is InChI=1S/C22H26O3/c1-15-4-10-20(16(2)12-15)22-18(7-11-21(22)23)14-25-13-17-5-8-19(24-3)9-6-17/h4-6,8-10,12,18,22H,7,11,13-14H2,1-3H3. The molecule has 1 fully saturated rings. The summed E-state index contributed by atoms with van der Waals surface area (Å²) in [6, 6.07) is 14.3. The number of carbonyl (C=O) groups is 1. The van der Waals surface area contributed by atoms with Crippen LogP contribution in [0.3, 0.4) is 0 Å². The number of Topliss-reactive ketones (excluding diaryl/α,β-unsaturated/α-hetero) is 1. The molecule has 0 spiro atoms. The fourth-order valence-electron chi connectivity index (χ4n) is 3.74. The second kappa shape index (κ2) is 7.83. The highest BCUT2D eigenvalue weighted by atomic mass is 16.5. The third kappa shape index (κ3) is 4.10. The van der Waals surface area contributed by atoms with Crippen molar-refractivity contribution in [3.63, 3.8) is 0 Å². The molecule has 2 aromatic carbocycles. The van der Waals surface area contributed by atoms with Crippen LogP contribution in [0.2, 0.25) is 0 Å². The first-order valence-corrected chi connectivity index (χ1v) is 8.89. The van der Waals surface area contributed by atoms with Gasteiger partial charge in [0.2, 0.25) is 0 Å². The van der Waals surface area contributed by atoms with Crippen molar-refractivity contribution in [3.05, 3.63) is 64.7 Å². The van der Waals surface area contributed by atoms with Gasteiger partial charge in [0.05, 0.1) is 20.3 Å². The second-order valence-electron chi connectivity index (χ2n) is 6.97. The maximum Gasteiger partial charge on any atom is 0.140 e. The van der Waals surface area contributed by atoms with Crippen molar-refractivity contribution in [2.75, 3.05) is 13.7 Å². The maximum absolute atomic E-state index is 12.5. The summed E-state index contributed by atoms with van der Waals surface area (Å²) in [5, 5.41) is 0. The quantitative estimate of drug-likeness (QED) is 0.773. The Morgan fingerprint density at radius 1 is 1.08 bits per heavy atom. The molecule has 1 saturated carbocycles. The number of benzene rings is 2. The van der Waals surface area contributed by atoms with Gasteiger partial charge in [-0.3, -0.25) is 4.79 Å². The lowest BCUT2D eigenvalue weighted by Gasteiger charge is -2.21. The lowest BCUT2D eigenvalue weighted by molar-refractivity contribution is -0.119.